The second-order valence-corrected chi connectivity index (χ2v) is 3.23. The lowest BCUT2D eigenvalue weighted by Gasteiger charge is -2.08. The molecule has 0 aliphatic carbocycles. The van der Waals surface area contributed by atoms with Gasteiger partial charge in [-0.2, -0.15) is 0 Å². The highest BCUT2D eigenvalue weighted by molar-refractivity contribution is 5.79. The minimum atomic E-state index is -0.0661. The Balaban J connectivity index is 2.74. The van der Waals surface area contributed by atoms with Crippen molar-refractivity contribution in [1.29, 1.82) is 0 Å². The number of benzene rings is 1. The van der Waals surface area contributed by atoms with Crippen LogP contribution >= 0.6 is 0 Å². The fourth-order valence-corrected chi connectivity index (χ4v) is 1.33. The third kappa shape index (κ3) is 2.74. The predicted molar refractivity (Wildman–Crippen MR) is 57.9 cm³/mol. The highest BCUT2D eigenvalue weighted by atomic mass is 16.1. The van der Waals surface area contributed by atoms with Gasteiger partial charge in [-0.3, -0.25) is 4.79 Å². The Morgan fingerprint density at radius 2 is 2.07 bits per heavy atom. The van der Waals surface area contributed by atoms with Crippen LogP contribution in [0.25, 0.3) is 0 Å². The number of rotatable bonds is 4. The molecule has 1 atom stereocenters. The van der Waals surface area contributed by atoms with Crippen LogP contribution in [0.15, 0.2) is 30.3 Å². The maximum absolute atomic E-state index is 11.3. The van der Waals surface area contributed by atoms with Crippen LogP contribution in [0.4, 0.5) is 0 Å². The molecular weight excluding hydrogens is 172 g/mol. The molecule has 0 heterocycles. The van der Waals surface area contributed by atoms with Crippen molar-refractivity contribution in [3.05, 3.63) is 35.9 Å². The summed E-state index contributed by atoms with van der Waals surface area (Å²) >= 11 is 0. The fraction of sp³-hybridized carbons (Fsp3) is 0.308. The van der Waals surface area contributed by atoms with Gasteiger partial charge in [-0.15, -0.1) is 6.42 Å². The Labute approximate surface area is 85.1 Å². The zero-order chi connectivity index (χ0) is 10.4. The molecule has 1 aromatic rings. The normalized spacial score (nSPS) is 11.7. The monoisotopic (exact) mass is 186 g/mol. The Hall–Kier alpha value is -1.55. The quantitative estimate of drug-likeness (QED) is 0.661. The average Bonchev–Trinajstić information content (AvgIpc) is 2.26. The number of carbonyl (C=O) groups is 1. The first-order valence-electron chi connectivity index (χ1n) is 4.80. The molecule has 0 saturated carbocycles. The van der Waals surface area contributed by atoms with E-state index in [2.05, 4.69) is 5.92 Å². The average molecular weight is 186 g/mol. The van der Waals surface area contributed by atoms with Gasteiger partial charge < -0.3 is 0 Å². The summed E-state index contributed by atoms with van der Waals surface area (Å²) in [5.74, 6) is 2.82. The molecule has 72 valence electrons. The van der Waals surface area contributed by atoms with Gasteiger partial charge in [-0.25, -0.2) is 0 Å². The molecule has 0 aromatic heterocycles. The molecule has 0 bridgehead atoms. The molecule has 1 rings (SSSR count). The van der Waals surface area contributed by atoms with Gasteiger partial charge >= 0.3 is 0 Å². The van der Waals surface area contributed by atoms with Gasteiger partial charge in [0.15, 0.2) is 0 Å². The van der Waals surface area contributed by atoms with Crippen molar-refractivity contribution in [2.24, 2.45) is 0 Å². The molecular formula is C13H14O. The van der Waals surface area contributed by atoms with Crippen molar-refractivity contribution in [3.63, 3.8) is 0 Å². The lowest BCUT2D eigenvalue weighted by molar-refractivity contribution is -0.118. The van der Waals surface area contributed by atoms with Crippen molar-refractivity contribution < 1.29 is 4.79 Å². The van der Waals surface area contributed by atoms with Crippen molar-refractivity contribution >= 4 is 5.78 Å². The predicted octanol–water partition coefficient (Wildman–Crippen LogP) is 2.77. The van der Waals surface area contributed by atoms with E-state index in [1.165, 1.54) is 0 Å². The van der Waals surface area contributed by atoms with E-state index in [4.69, 9.17) is 6.42 Å². The van der Waals surface area contributed by atoms with Crippen molar-refractivity contribution in [2.45, 2.75) is 25.7 Å². The van der Waals surface area contributed by atoms with Crippen LogP contribution in [0.1, 0.15) is 31.2 Å². The molecule has 1 aromatic carbocycles. The topological polar surface area (TPSA) is 17.1 Å². The van der Waals surface area contributed by atoms with Crippen LogP contribution < -0.4 is 0 Å². The van der Waals surface area contributed by atoms with Crippen molar-refractivity contribution in [3.8, 4) is 12.3 Å². The maximum atomic E-state index is 11.3. The molecule has 1 unspecified atom stereocenters. The minimum Gasteiger partial charge on any atom is -0.300 e. The standard InChI is InChI=1S/C13H14O/c1-3-11(10-13(14)4-2)12-8-6-5-7-9-12/h1,5-9,11H,4,10H2,2H3. The highest BCUT2D eigenvalue weighted by Gasteiger charge is 2.11. The third-order valence-electron chi connectivity index (χ3n) is 2.23. The second kappa shape index (κ2) is 5.24. The van der Waals surface area contributed by atoms with Gasteiger partial charge in [0, 0.05) is 12.8 Å². The van der Waals surface area contributed by atoms with Gasteiger partial charge in [0.05, 0.1) is 5.92 Å². The first-order chi connectivity index (χ1) is 6.77. The van der Waals surface area contributed by atoms with Crippen molar-refractivity contribution in [1.82, 2.24) is 0 Å². The Morgan fingerprint density at radius 3 is 2.57 bits per heavy atom. The molecule has 0 amide bonds. The van der Waals surface area contributed by atoms with E-state index < -0.39 is 0 Å². The van der Waals surface area contributed by atoms with E-state index in [0.717, 1.165) is 5.56 Å². The number of Topliss-reactive ketones (excluding diaryl/α,β-unsaturated/α-hetero) is 1. The lowest BCUT2D eigenvalue weighted by Crippen LogP contribution is -2.04. The zero-order valence-electron chi connectivity index (χ0n) is 8.36. The largest absolute Gasteiger partial charge is 0.300 e. The molecule has 0 saturated heterocycles. The van der Waals surface area contributed by atoms with E-state index >= 15 is 0 Å². The number of hydrogen-bond donors (Lipinski definition) is 0. The number of hydrogen-bond acceptors (Lipinski definition) is 1. The molecule has 0 fully saturated rings. The van der Waals surface area contributed by atoms with Gasteiger partial charge in [-0.05, 0) is 5.56 Å². The van der Waals surface area contributed by atoms with Crippen LogP contribution in [0.2, 0.25) is 0 Å². The highest BCUT2D eigenvalue weighted by Crippen LogP contribution is 2.19. The second-order valence-electron chi connectivity index (χ2n) is 3.23. The van der Waals surface area contributed by atoms with Crippen molar-refractivity contribution in [2.75, 3.05) is 0 Å². The Bertz CT molecular complexity index is 332. The lowest BCUT2D eigenvalue weighted by atomic mass is 9.94. The van der Waals surface area contributed by atoms with Crippen LogP contribution in [0.3, 0.4) is 0 Å². The van der Waals surface area contributed by atoms with Gasteiger partial charge in [0.2, 0.25) is 0 Å². The molecule has 0 aliphatic heterocycles. The van der Waals surface area contributed by atoms with Crippen LogP contribution in [0.5, 0.6) is 0 Å². The van der Waals surface area contributed by atoms with Crippen LogP contribution in [0, 0.1) is 12.3 Å². The number of carbonyl (C=O) groups excluding carboxylic acids is 1. The van der Waals surface area contributed by atoms with Gasteiger partial charge in [0.25, 0.3) is 0 Å². The molecule has 0 aliphatic rings. The SMILES string of the molecule is C#CC(CC(=O)CC)c1ccccc1. The van der Waals surface area contributed by atoms with Gasteiger partial charge in [-0.1, -0.05) is 43.2 Å². The summed E-state index contributed by atoms with van der Waals surface area (Å²) < 4.78 is 0. The van der Waals surface area contributed by atoms with E-state index in [1.807, 2.05) is 37.3 Å². The third-order valence-corrected chi connectivity index (χ3v) is 2.23. The molecule has 0 radical (unpaired) electrons. The minimum absolute atomic E-state index is 0.0661. The number of ketones is 1. The van der Waals surface area contributed by atoms with Crippen LogP contribution in [-0.2, 0) is 4.79 Å². The zero-order valence-corrected chi connectivity index (χ0v) is 8.36. The Kier molecular flexibility index (Phi) is 3.94. The van der Waals surface area contributed by atoms with E-state index in [9.17, 15) is 4.79 Å². The van der Waals surface area contributed by atoms with E-state index in [-0.39, 0.29) is 11.7 Å². The molecule has 0 spiro atoms. The van der Waals surface area contributed by atoms with Crippen LogP contribution in [-0.4, -0.2) is 5.78 Å². The maximum Gasteiger partial charge on any atom is 0.134 e. The summed E-state index contributed by atoms with van der Waals surface area (Å²) in [6.07, 6.45) is 6.42. The Morgan fingerprint density at radius 1 is 1.43 bits per heavy atom. The molecule has 0 N–H and O–H groups in total. The van der Waals surface area contributed by atoms with Gasteiger partial charge in [0.1, 0.15) is 5.78 Å². The summed E-state index contributed by atoms with van der Waals surface area (Å²) in [6.45, 7) is 1.86. The summed E-state index contributed by atoms with van der Waals surface area (Å²) in [6, 6.07) is 9.76. The van der Waals surface area contributed by atoms with E-state index in [0.29, 0.717) is 12.8 Å². The summed E-state index contributed by atoms with van der Waals surface area (Å²) in [5.41, 5.74) is 1.05. The molecule has 1 nitrogen and oxygen atoms in total. The molecule has 14 heavy (non-hydrogen) atoms. The first kappa shape index (κ1) is 10.5. The summed E-state index contributed by atoms with van der Waals surface area (Å²) in [5, 5.41) is 0. The fourth-order valence-electron chi connectivity index (χ4n) is 1.33. The summed E-state index contributed by atoms with van der Waals surface area (Å²) in [4.78, 5) is 11.3. The van der Waals surface area contributed by atoms with E-state index in [1.54, 1.807) is 0 Å². The number of terminal acetylenes is 1. The summed E-state index contributed by atoms with van der Waals surface area (Å²) in [7, 11) is 0. The first-order valence-corrected chi connectivity index (χ1v) is 4.80. The smallest absolute Gasteiger partial charge is 0.134 e. The molecule has 1 heteroatoms.